The van der Waals surface area contributed by atoms with Crippen LogP contribution in [0, 0.1) is 17.7 Å². The number of hydrogen-bond acceptors (Lipinski definition) is 7. The number of ether oxygens (including phenoxy) is 1. The van der Waals surface area contributed by atoms with Crippen molar-refractivity contribution in [1.82, 2.24) is 14.5 Å². The molecule has 1 aromatic carbocycles. The number of fused-ring (bicyclic) bond motifs is 2. The summed E-state index contributed by atoms with van der Waals surface area (Å²) >= 11 is 3.53. The minimum Gasteiger partial charge on any atom is -0.505 e. The number of likely N-dealkylation sites (tertiary alicyclic amines) is 1. The zero-order valence-corrected chi connectivity index (χ0v) is 22.4. The van der Waals surface area contributed by atoms with Gasteiger partial charge in [0.05, 0.1) is 24.0 Å². The van der Waals surface area contributed by atoms with Gasteiger partial charge in [0.2, 0.25) is 11.8 Å². The molecule has 2 unspecified atom stereocenters. The highest BCUT2D eigenvalue weighted by molar-refractivity contribution is 9.10. The minimum absolute atomic E-state index is 0.0237. The van der Waals surface area contributed by atoms with Gasteiger partial charge in [-0.3, -0.25) is 24.3 Å². The topological polar surface area (TPSA) is 119 Å². The van der Waals surface area contributed by atoms with Crippen molar-refractivity contribution in [2.24, 2.45) is 11.8 Å². The van der Waals surface area contributed by atoms with Crippen molar-refractivity contribution in [2.75, 3.05) is 13.2 Å². The summed E-state index contributed by atoms with van der Waals surface area (Å²) in [6.07, 6.45) is 8.58. The molecule has 9 nitrogen and oxygen atoms in total. The van der Waals surface area contributed by atoms with Crippen LogP contribution in [0.25, 0.3) is 11.0 Å². The summed E-state index contributed by atoms with van der Waals surface area (Å²) in [4.78, 5) is 57.6. The average Bonchev–Trinajstić information content (AvgIpc) is 3.16. The number of aromatic hydroxyl groups is 1. The third-order valence-corrected chi connectivity index (χ3v) is 7.71. The summed E-state index contributed by atoms with van der Waals surface area (Å²) in [5.74, 6) is -3.96. The number of esters is 1. The van der Waals surface area contributed by atoms with Crippen molar-refractivity contribution in [2.45, 2.75) is 19.9 Å². The smallest absolute Gasteiger partial charge is 0.347 e. The Morgan fingerprint density at radius 3 is 2.33 bits per heavy atom. The van der Waals surface area contributed by atoms with E-state index < -0.39 is 34.7 Å². The molecule has 0 bridgehead atoms. The lowest BCUT2D eigenvalue weighted by atomic mass is 9.91. The highest BCUT2D eigenvalue weighted by Gasteiger charge is 2.45. The van der Waals surface area contributed by atoms with E-state index in [9.17, 15) is 28.7 Å². The number of carbonyl (C=O) groups is 3. The number of halogens is 2. The summed E-state index contributed by atoms with van der Waals surface area (Å²) in [5, 5.41) is 10.9. The Hall–Kier alpha value is -4.12. The fourth-order valence-corrected chi connectivity index (χ4v) is 5.55. The molecule has 2 aromatic heterocycles. The molecule has 1 saturated heterocycles. The van der Waals surface area contributed by atoms with Gasteiger partial charge in [-0.2, -0.15) is 0 Å². The number of nitrogens with zero attached hydrogens (tertiary/aromatic N) is 3. The Kier molecular flexibility index (Phi) is 7.17. The van der Waals surface area contributed by atoms with E-state index in [0.717, 1.165) is 10.5 Å². The van der Waals surface area contributed by atoms with Gasteiger partial charge in [0.25, 0.3) is 5.56 Å². The average molecular weight is 596 g/mol. The molecule has 1 N–H and O–H groups in total. The predicted molar refractivity (Wildman–Crippen MR) is 143 cm³/mol. The van der Waals surface area contributed by atoms with Crippen molar-refractivity contribution in [3.8, 4) is 5.75 Å². The van der Waals surface area contributed by atoms with Gasteiger partial charge < -0.3 is 14.4 Å². The molecule has 5 rings (SSSR count). The van der Waals surface area contributed by atoms with E-state index in [0.29, 0.717) is 16.5 Å². The van der Waals surface area contributed by atoms with Crippen LogP contribution >= 0.6 is 15.9 Å². The normalized spacial score (nSPS) is 18.2. The Bertz CT molecular complexity index is 1600. The fourth-order valence-electron chi connectivity index (χ4n) is 4.91. The first-order chi connectivity index (χ1) is 18.7. The molecule has 0 radical (unpaired) electrons. The maximum atomic E-state index is 13.6. The van der Waals surface area contributed by atoms with Crippen LogP contribution in [0.5, 0.6) is 5.75 Å². The molecule has 2 aliphatic rings. The van der Waals surface area contributed by atoms with E-state index >= 15 is 0 Å². The Balaban J connectivity index is 1.60. The second-order valence-corrected chi connectivity index (χ2v) is 9.94. The van der Waals surface area contributed by atoms with Gasteiger partial charge in [-0.15, -0.1) is 0 Å². The van der Waals surface area contributed by atoms with Gasteiger partial charge in [-0.25, -0.2) is 9.18 Å². The van der Waals surface area contributed by atoms with E-state index in [1.165, 1.54) is 22.9 Å². The third-order valence-electron chi connectivity index (χ3n) is 6.83. The van der Waals surface area contributed by atoms with Gasteiger partial charge >= 0.3 is 5.97 Å². The van der Waals surface area contributed by atoms with E-state index in [1.54, 1.807) is 43.4 Å². The second-order valence-electron chi connectivity index (χ2n) is 9.15. The largest absolute Gasteiger partial charge is 0.505 e. The van der Waals surface area contributed by atoms with Gasteiger partial charge in [-0.05, 0) is 46.1 Å². The molecule has 0 saturated carbocycles. The standard InChI is InChI=1S/C28H23BrFN3O6/c1-2-39-28(38)20-24(34)22-23(21(29)16(14-31-22)13-15-7-9-17(30)10-8-15)32(27(20)37)11-12-33-25(35)18-5-3-4-6-19(18)26(33)36/h3-10,14,18-19,34H,2,11-13H2,1H3. The summed E-state index contributed by atoms with van der Waals surface area (Å²) in [5.41, 5.74) is 0.105. The quantitative estimate of drug-likeness (QED) is 0.328. The van der Waals surface area contributed by atoms with Crippen molar-refractivity contribution in [3.63, 3.8) is 0 Å². The first kappa shape index (κ1) is 26.5. The van der Waals surface area contributed by atoms with Crippen LogP contribution in [0.4, 0.5) is 4.39 Å². The van der Waals surface area contributed by atoms with E-state index in [1.807, 2.05) is 0 Å². The van der Waals surface area contributed by atoms with Crippen molar-refractivity contribution >= 4 is 44.7 Å². The number of allylic oxidation sites excluding steroid dienone is 2. The lowest BCUT2D eigenvalue weighted by molar-refractivity contribution is -0.139. The van der Waals surface area contributed by atoms with Crippen molar-refractivity contribution in [3.05, 3.63) is 92.1 Å². The number of benzene rings is 1. The number of rotatable bonds is 7. The predicted octanol–water partition coefficient (Wildman–Crippen LogP) is 3.50. The summed E-state index contributed by atoms with van der Waals surface area (Å²) in [6.45, 7) is 1.25. The molecule has 3 heterocycles. The van der Waals surface area contributed by atoms with Gasteiger partial charge in [0.15, 0.2) is 11.3 Å². The maximum absolute atomic E-state index is 13.6. The SMILES string of the molecule is CCOC(=O)c1c(O)c2ncc(Cc3ccc(F)cc3)c(Br)c2n(CCN2C(=O)C3C=CC=CC3C2=O)c1=O. The van der Waals surface area contributed by atoms with Crippen molar-refractivity contribution in [1.29, 1.82) is 0 Å². The second kappa shape index (κ2) is 10.6. The molecule has 2 atom stereocenters. The molecule has 11 heteroatoms. The number of pyridine rings is 2. The lowest BCUT2D eigenvalue weighted by Gasteiger charge is -2.19. The molecular weight excluding hydrogens is 573 g/mol. The lowest BCUT2D eigenvalue weighted by Crippen LogP contribution is -2.37. The Morgan fingerprint density at radius 2 is 1.72 bits per heavy atom. The van der Waals surface area contributed by atoms with Crippen LogP contribution in [0.3, 0.4) is 0 Å². The molecule has 0 spiro atoms. The van der Waals surface area contributed by atoms with Crippen LogP contribution in [0.15, 0.2) is 64.0 Å². The van der Waals surface area contributed by atoms with E-state index in [-0.39, 0.29) is 48.4 Å². The molecule has 1 aliphatic carbocycles. The van der Waals surface area contributed by atoms with Crippen LogP contribution in [0.2, 0.25) is 0 Å². The number of carbonyl (C=O) groups excluding carboxylic acids is 3. The Labute approximate surface area is 230 Å². The molecule has 200 valence electrons. The third kappa shape index (κ3) is 4.67. The van der Waals surface area contributed by atoms with Crippen LogP contribution < -0.4 is 5.56 Å². The first-order valence-electron chi connectivity index (χ1n) is 12.3. The number of aromatic nitrogens is 2. The van der Waals surface area contributed by atoms with E-state index in [2.05, 4.69) is 20.9 Å². The minimum atomic E-state index is -1.02. The summed E-state index contributed by atoms with van der Waals surface area (Å²) in [7, 11) is 0. The monoisotopic (exact) mass is 595 g/mol. The molecule has 1 fully saturated rings. The highest BCUT2D eigenvalue weighted by atomic mass is 79.9. The van der Waals surface area contributed by atoms with Crippen molar-refractivity contribution < 1.29 is 28.6 Å². The summed E-state index contributed by atoms with van der Waals surface area (Å²) < 4.78 is 20.0. The number of amides is 2. The number of hydrogen-bond donors (Lipinski definition) is 1. The zero-order valence-electron chi connectivity index (χ0n) is 20.8. The summed E-state index contributed by atoms with van der Waals surface area (Å²) in [6, 6.07) is 5.90. The highest BCUT2D eigenvalue weighted by Crippen LogP contribution is 2.34. The molecule has 3 aromatic rings. The zero-order chi connectivity index (χ0) is 27.8. The van der Waals surface area contributed by atoms with Gasteiger partial charge in [0, 0.05) is 30.2 Å². The number of imide groups is 1. The van der Waals surface area contributed by atoms with Gasteiger partial charge in [-0.1, -0.05) is 36.4 Å². The first-order valence-corrected chi connectivity index (χ1v) is 13.1. The molecule has 2 amide bonds. The van der Waals surface area contributed by atoms with Crippen LogP contribution in [-0.4, -0.2) is 50.5 Å². The molecule has 39 heavy (non-hydrogen) atoms. The maximum Gasteiger partial charge on any atom is 0.347 e. The van der Waals surface area contributed by atoms with E-state index in [4.69, 9.17) is 4.74 Å². The van der Waals surface area contributed by atoms with Crippen LogP contribution in [-0.2, 0) is 27.3 Å². The Morgan fingerprint density at radius 1 is 1.08 bits per heavy atom. The fraction of sp³-hybridized carbons (Fsp3) is 0.250. The van der Waals surface area contributed by atoms with Gasteiger partial charge in [0.1, 0.15) is 11.3 Å². The van der Waals surface area contributed by atoms with Crippen LogP contribution in [0.1, 0.15) is 28.4 Å². The molecular formula is C28H23BrFN3O6. The molecule has 1 aliphatic heterocycles.